The fourth-order valence-electron chi connectivity index (χ4n) is 2.53. The maximum Gasteiger partial charge on any atom is 0.238 e. The molecule has 0 aliphatic heterocycles. The van der Waals surface area contributed by atoms with Crippen LogP contribution in [0, 0.1) is 0 Å². The molecule has 0 bridgehead atoms. The SMILES string of the molecule is COc1ccc(NC(=O)CN(CCN)CCc2ccccc2)cc1Cl.Cl. The van der Waals surface area contributed by atoms with E-state index in [9.17, 15) is 4.79 Å². The molecule has 0 radical (unpaired) electrons. The highest BCUT2D eigenvalue weighted by Crippen LogP contribution is 2.27. The van der Waals surface area contributed by atoms with Gasteiger partial charge in [0.1, 0.15) is 5.75 Å². The van der Waals surface area contributed by atoms with Gasteiger partial charge in [0.25, 0.3) is 0 Å². The van der Waals surface area contributed by atoms with Gasteiger partial charge >= 0.3 is 0 Å². The van der Waals surface area contributed by atoms with Crippen molar-refractivity contribution in [1.29, 1.82) is 0 Å². The second-order valence-corrected chi connectivity index (χ2v) is 6.11. The Balaban J connectivity index is 0.00000338. The molecule has 0 fully saturated rings. The molecule has 0 unspecified atom stereocenters. The zero-order valence-electron chi connectivity index (χ0n) is 14.8. The molecular formula is C19H25Cl2N3O2. The van der Waals surface area contributed by atoms with Crippen molar-refractivity contribution in [2.45, 2.75) is 6.42 Å². The normalized spacial score (nSPS) is 10.3. The number of methoxy groups -OCH3 is 1. The molecule has 26 heavy (non-hydrogen) atoms. The largest absolute Gasteiger partial charge is 0.495 e. The molecule has 0 saturated carbocycles. The Morgan fingerprint density at radius 1 is 1.19 bits per heavy atom. The standard InChI is InChI=1S/C19H24ClN3O2.ClH/c1-25-18-8-7-16(13-17(18)20)22-19(24)14-23(12-10-21)11-9-15-5-3-2-4-6-15;/h2-8,13H,9-12,14,21H2,1H3,(H,22,24);1H. The van der Waals surface area contributed by atoms with Crippen molar-refractivity contribution in [2.24, 2.45) is 5.73 Å². The molecular weight excluding hydrogens is 373 g/mol. The maximum atomic E-state index is 12.3. The number of ether oxygens (including phenoxy) is 1. The molecule has 0 saturated heterocycles. The number of nitrogens with zero attached hydrogens (tertiary/aromatic N) is 1. The van der Waals surface area contributed by atoms with E-state index in [-0.39, 0.29) is 24.9 Å². The number of halogens is 2. The van der Waals surface area contributed by atoms with Crippen molar-refractivity contribution in [3.05, 3.63) is 59.1 Å². The number of amides is 1. The highest BCUT2D eigenvalue weighted by atomic mass is 35.5. The molecule has 2 aromatic rings. The van der Waals surface area contributed by atoms with Gasteiger partial charge in [0.2, 0.25) is 5.91 Å². The fourth-order valence-corrected chi connectivity index (χ4v) is 2.79. The Morgan fingerprint density at radius 3 is 2.54 bits per heavy atom. The Labute approximate surface area is 165 Å². The minimum atomic E-state index is -0.0947. The van der Waals surface area contributed by atoms with Gasteiger partial charge in [-0.3, -0.25) is 9.69 Å². The summed E-state index contributed by atoms with van der Waals surface area (Å²) in [5.74, 6) is 0.482. The average molecular weight is 398 g/mol. The van der Waals surface area contributed by atoms with Gasteiger partial charge in [0.15, 0.2) is 0 Å². The number of carbonyl (C=O) groups excluding carboxylic acids is 1. The van der Waals surface area contributed by atoms with Gasteiger partial charge in [0.05, 0.1) is 18.7 Å². The highest BCUT2D eigenvalue weighted by Gasteiger charge is 2.11. The van der Waals surface area contributed by atoms with E-state index in [0.29, 0.717) is 29.5 Å². The van der Waals surface area contributed by atoms with Crippen molar-refractivity contribution in [2.75, 3.05) is 38.6 Å². The van der Waals surface area contributed by atoms with Gasteiger partial charge in [-0.05, 0) is 30.2 Å². The maximum absolute atomic E-state index is 12.3. The van der Waals surface area contributed by atoms with E-state index in [1.807, 2.05) is 23.1 Å². The van der Waals surface area contributed by atoms with Crippen LogP contribution in [0.1, 0.15) is 5.56 Å². The molecule has 3 N–H and O–H groups in total. The van der Waals surface area contributed by atoms with E-state index in [2.05, 4.69) is 17.4 Å². The molecule has 142 valence electrons. The summed E-state index contributed by atoms with van der Waals surface area (Å²) in [4.78, 5) is 14.4. The topological polar surface area (TPSA) is 67.6 Å². The second-order valence-electron chi connectivity index (χ2n) is 5.70. The predicted octanol–water partition coefficient (Wildman–Crippen LogP) is 3.21. The van der Waals surface area contributed by atoms with E-state index in [1.165, 1.54) is 5.56 Å². The quantitative estimate of drug-likeness (QED) is 0.681. The molecule has 0 aromatic heterocycles. The van der Waals surface area contributed by atoms with Crippen molar-refractivity contribution >= 4 is 35.6 Å². The van der Waals surface area contributed by atoms with Crippen LogP contribution in [0.5, 0.6) is 5.75 Å². The third kappa shape index (κ3) is 7.22. The zero-order chi connectivity index (χ0) is 18.1. The molecule has 0 atom stereocenters. The molecule has 5 nitrogen and oxygen atoms in total. The number of nitrogens with two attached hydrogens (primary N) is 1. The number of carbonyl (C=O) groups is 1. The smallest absolute Gasteiger partial charge is 0.238 e. The van der Waals surface area contributed by atoms with Crippen LogP contribution >= 0.6 is 24.0 Å². The lowest BCUT2D eigenvalue weighted by molar-refractivity contribution is -0.117. The minimum Gasteiger partial charge on any atom is -0.495 e. The first-order valence-corrected chi connectivity index (χ1v) is 8.60. The van der Waals surface area contributed by atoms with Crippen molar-refractivity contribution < 1.29 is 9.53 Å². The molecule has 2 aromatic carbocycles. The Kier molecular flexibility index (Phi) is 10.1. The minimum absolute atomic E-state index is 0. The lowest BCUT2D eigenvalue weighted by Gasteiger charge is -2.21. The van der Waals surface area contributed by atoms with Crippen LogP contribution in [0.25, 0.3) is 0 Å². The third-order valence-corrected chi connectivity index (χ3v) is 4.10. The van der Waals surface area contributed by atoms with E-state index in [4.69, 9.17) is 22.1 Å². The van der Waals surface area contributed by atoms with E-state index in [0.717, 1.165) is 13.0 Å². The molecule has 2 rings (SSSR count). The fraction of sp³-hybridized carbons (Fsp3) is 0.316. The molecule has 0 aliphatic carbocycles. The van der Waals surface area contributed by atoms with E-state index < -0.39 is 0 Å². The number of hydrogen-bond acceptors (Lipinski definition) is 4. The van der Waals surface area contributed by atoms with Crippen LogP contribution in [0.4, 0.5) is 5.69 Å². The highest BCUT2D eigenvalue weighted by molar-refractivity contribution is 6.32. The number of nitrogens with one attached hydrogen (secondary N) is 1. The first-order chi connectivity index (χ1) is 12.1. The summed E-state index contributed by atoms with van der Waals surface area (Å²) in [6.07, 6.45) is 0.877. The lowest BCUT2D eigenvalue weighted by Crippen LogP contribution is -2.38. The Morgan fingerprint density at radius 2 is 1.92 bits per heavy atom. The Bertz CT molecular complexity index is 684. The van der Waals surface area contributed by atoms with Gasteiger partial charge in [0, 0.05) is 25.3 Å². The second kappa shape index (κ2) is 11.8. The number of anilines is 1. The summed E-state index contributed by atoms with van der Waals surface area (Å²) in [7, 11) is 1.55. The third-order valence-electron chi connectivity index (χ3n) is 3.81. The lowest BCUT2D eigenvalue weighted by atomic mass is 10.1. The van der Waals surface area contributed by atoms with Crippen LogP contribution in [0.15, 0.2) is 48.5 Å². The Hall–Kier alpha value is -1.79. The van der Waals surface area contributed by atoms with Crippen LogP contribution in [0.2, 0.25) is 5.02 Å². The van der Waals surface area contributed by atoms with Crippen molar-refractivity contribution in [1.82, 2.24) is 4.90 Å². The molecule has 0 aliphatic rings. The van der Waals surface area contributed by atoms with Gasteiger partial charge in [-0.25, -0.2) is 0 Å². The van der Waals surface area contributed by atoms with Gasteiger partial charge in [-0.15, -0.1) is 12.4 Å². The average Bonchev–Trinajstić information content (AvgIpc) is 2.61. The number of benzene rings is 2. The predicted molar refractivity (Wildman–Crippen MR) is 110 cm³/mol. The van der Waals surface area contributed by atoms with Crippen molar-refractivity contribution in [3.63, 3.8) is 0 Å². The summed E-state index contributed by atoms with van der Waals surface area (Å²) < 4.78 is 5.11. The van der Waals surface area contributed by atoms with Crippen LogP contribution in [0.3, 0.4) is 0 Å². The van der Waals surface area contributed by atoms with Crippen LogP contribution < -0.4 is 15.8 Å². The molecule has 7 heteroatoms. The van der Waals surface area contributed by atoms with Gasteiger partial charge in [-0.2, -0.15) is 0 Å². The summed E-state index contributed by atoms with van der Waals surface area (Å²) >= 11 is 6.08. The van der Waals surface area contributed by atoms with Crippen LogP contribution in [-0.4, -0.2) is 44.1 Å². The van der Waals surface area contributed by atoms with Gasteiger partial charge < -0.3 is 15.8 Å². The summed E-state index contributed by atoms with van der Waals surface area (Å²) in [6.45, 7) is 2.24. The molecule has 0 heterocycles. The molecule has 0 spiro atoms. The van der Waals surface area contributed by atoms with Crippen molar-refractivity contribution in [3.8, 4) is 5.75 Å². The summed E-state index contributed by atoms with van der Waals surface area (Å²) in [5.41, 5.74) is 7.56. The monoisotopic (exact) mass is 397 g/mol. The summed E-state index contributed by atoms with van der Waals surface area (Å²) in [5, 5.41) is 3.32. The molecule has 1 amide bonds. The van der Waals surface area contributed by atoms with E-state index in [1.54, 1.807) is 25.3 Å². The van der Waals surface area contributed by atoms with Gasteiger partial charge in [-0.1, -0.05) is 41.9 Å². The zero-order valence-corrected chi connectivity index (χ0v) is 16.4. The first-order valence-electron chi connectivity index (χ1n) is 8.22. The van der Waals surface area contributed by atoms with Crippen LogP contribution in [-0.2, 0) is 11.2 Å². The van der Waals surface area contributed by atoms with E-state index >= 15 is 0 Å². The first kappa shape index (κ1) is 22.3. The summed E-state index contributed by atoms with van der Waals surface area (Å²) in [6, 6.07) is 15.4. The number of hydrogen-bond donors (Lipinski definition) is 2. The number of rotatable bonds is 9.